The van der Waals surface area contributed by atoms with Crippen molar-refractivity contribution >= 4 is 0 Å². The minimum Gasteiger partial charge on any atom is -0.317 e. The van der Waals surface area contributed by atoms with Crippen molar-refractivity contribution in [3.63, 3.8) is 0 Å². The third-order valence-electron chi connectivity index (χ3n) is 3.75. The summed E-state index contributed by atoms with van der Waals surface area (Å²) in [6.45, 7) is 4.35. The first-order valence-electron chi connectivity index (χ1n) is 6.65. The minimum absolute atomic E-state index is 0.615. The Kier molecular flexibility index (Phi) is 3.15. The number of hydrogen-bond donors (Lipinski definition) is 2. The van der Waals surface area contributed by atoms with Gasteiger partial charge in [-0.25, -0.2) is 0 Å². The van der Waals surface area contributed by atoms with E-state index < -0.39 is 0 Å². The summed E-state index contributed by atoms with van der Waals surface area (Å²) in [5, 5.41) is 10.9. The Morgan fingerprint density at radius 3 is 2.83 bits per heavy atom. The Labute approximate surface area is 108 Å². The summed E-state index contributed by atoms with van der Waals surface area (Å²) in [7, 11) is 0. The van der Waals surface area contributed by atoms with Crippen LogP contribution in [0, 0.1) is 6.92 Å². The molecule has 0 spiro atoms. The van der Waals surface area contributed by atoms with Gasteiger partial charge in [-0.2, -0.15) is 5.10 Å². The zero-order chi connectivity index (χ0) is 12.4. The molecule has 0 bridgehead atoms. The van der Waals surface area contributed by atoms with Gasteiger partial charge in [-0.1, -0.05) is 29.8 Å². The molecule has 1 fully saturated rings. The summed E-state index contributed by atoms with van der Waals surface area (Å²) in [6.07, 6.45) is 4.36. The minimum atomic E-state index is 0.615. The van der Waals surface area contributed by atoms with Crippen LogP contribution in [0.5, 0.6) is 0 Å². The highest BCUT2D eigenvalue weighted by atomic mass is 15.1. The summed E-state index contributed by atoms with van der Waals surface area (Å²) in [5.41, 5.74) is 5.15. The Hall–Kier alpha value is -1.61. The molecule has 1 aliphatic rings. The van der Waals surface area contributed by atoms with Crippen LogP contribution >= 0.6 is 0 Å². The average molecular weight is 241 g/mol. The van der Waals surface area contributed by atoms with E-state index in [-0.39, 0.29) is 0 Å². The average Bonchev–Trinajstić information content (AvgIpc) is 2.89. The van der Waals surface area contributed by atoms with Crippen LogP contribution in [0.25, 0.3) is 11.1 Å². The molecule has 1 aromatic heterocycles. The van der Waals surface area contributed by atoms with E-state index in [1.165, 1.54) is 35.2 Å². The maximum Gasteiger partial charge on any atom is 0.0568 e. The number of H-pyrrole nitrogens is 1. The first-order valence-corrected chi connectivity index (χ1v) is 6.65. The zero-order valence-electron chi connectivity index (χ0n) is 10.7. The van der Waals surface area contributed by atoms with Crippen LogP contribution in [0.2, 0.25) is 0 Å². The smallest absolute Gasteiger partial charge is 0.0568 e. The largest absolute Gasteiger partial charge is 0.317 e. The molecule has 0 radical (unpaired) electrons. The van der Waals surface area contributed by atoms with E-state index in [0.29, 0.717) is 5.92 Å². The second-order valence-corrected chi connectivity index (χ2v) is 5.09. The van der Waals surface area contributed by atoms with Gasteiger partial charge in [0.05, 0.1) is 6.20 Å². The normalized spacial score (nSPS) is 16.9. The van der Waals surface area contributed by atoms with Gasteiger partial charge in [0, 0.05) is 17.2 Å². The van der Waals surface area contributed by atoms with Crippen LogP contribution in [-0.2, 0) is 0 Å². The van der Waals surface area contributed by atoms with E-state index in [1.807, 2.05) is 6.20 Å². The first-order chi connectivity index (χ1) is 8.84. The van der Waals surface area contributed by atoms with Crippen LogP contribution in [-0.4, -0.2) is 23.3 Å². The van der Waals surface area contributed by atoms with E-state index in [2.05, 4.69) is 46.7 Å². The van der Waals surface area contributed by atoms with Crippen molar-refractivity contribution in [3.05, 3.63) is 41.7 Å². The number of aromatic amines is 1. The van der Waals surface area contributed by atoms with Crippen molar-refractivity contribution in [2.24, 2.45) is 0 Å². The van der Waals surface area contributed by atoms with Crippen molar-refractivity contribution in [1.29, 1.82) is 0 Å². The highest BCUT2D eigenvalue weighted by Gasteiger charge is 2.20. The van der Waals surface area contributed by atoms with Gasteiger partial charge < -0.3 is 5.32 Å². The van der Waals surface area contributed by atoms with Gasteiger partial charge in [0.25, 0.3) is 0 Å². The van der Waals surface area contributed by atoms with Crippen molar-refractivity contribution in [2.75, 3.05) is 13.1 Å². The molecule has 0 unspecified atom stereocenters. The number of hydrogen-bond acceptors (Lipinski definition) is 2. The molecule has 0 aliphatic carbocycles. The molecule has 2 aromatic rings. The molecule has 0 saturated carbocycles. The number of aryl methyl sites for hydroxylation is 1. The molecular weight excluding hydrogens is 222 g/mol. The Bertz CT molecular complexity index is 524. The van der Waals surface area contributed by atoms with Crippen LogP contribution in [0.4, 0.5) is 0 Å². The summed E-state index contributed by atoms with van der Waals surface area (Å²) in [4.78, 5) is 0. The number of aromatic nitrogens is 2. The lowest BCUT2D eigenvalue weighted by molar-refractivity contribution is 0.453. The highest BCUT2D eigenvalue weighted by molar-refractivity contribution is 5.66. The lowest BCUT2D eigenvalue weighted by Crippen LogP contribution is -2.27. The standard InChI is InChI=1S/C15H19N3/c1-11-3-2-4-13(9-11)14-10-17-18-15(14)12-5-7-16-8-6-12/h2-4,9-10,12,16H,5-8H2,1H3,(H,17,18). The summed E-state index contributed by atoms with van der Waals surface area (Å²) < 4.78 is 0. The molecule has 0 atom stereocenters. The van der Waals surface area contributed by atoms with Crippen molar-refractivity contribution in [2.45, 2.75) is 25.7 Å². The fourth-order valence-corrected chi connectivity index (χ4v) is 2.76. The van der Waals surface area contributed by atoms with Crippen molar-refractivity contribution < 1.29 is 0 Å². The number of nitrogens with one attached hydrogen (secondary N) is 2. The molecule has 18 heavy (non-hydrogen) atoms. The van der Waals surface area contributed by atoms with Gasteiger partial charge in [-0.05, 0) is 38.4 Å². The lowest BCUT2D eigenvalue weighted by atomic mass is 9.90. The summed E-state index contributed by atoms with van der Waals surface area (Å²) in [6, 6.07) is 8.65. The summed E-state index contributed by atoms with van der Waals surface area (Å²) >= 11 is 0. The molecule has 3 rings (SSSR count). The lowest BCUT2D eigenvalue weighted by Gasteiger charge is -2.22. The fourth-order valence-electron chi connectivity index (χ4n) is 2.76. The van der Waals surface area contributed by atoms with E-state index in [1.54, 1.807) is 0 Å². The van der Waals surface area contributed by atoms with Gasteiger partial charge >= 0.3 is 0 Å². The molecule has 0 amide bonds. The van der Waals surface area contributed by atoms with E-state index in [0.717, 1.165) is 13.1 Å². The molecule has 2 N–H and O–H groups in total. The summed E-state index contributed by atoms with van der Waals surface area (Å²) in [5.74, 6) is 0.615. The van der Waals surface area contributed by atoms with Gasteiger partial charge in [0.1, 0.15) is 0 Å². The predicted molar refractivity (Wildman–Crippen MR) is 73.6 cm³/mol. The van der Waals surface area contributed by atoms with E-state index in [4.69, 9.17) is 0 Å². The maximum absolute atomic E-state index is 4.26. The van der Waals surface area contributed by atoms with Gasteiger partial charge in [-0.3, -0.25) is 5.10 Å². The van der Waals surface area contributed by atoms with Crippen LogP contribution < -0.4 is 5.32 Å². The molecule has 3 heteroatoms. The SMILES string of the molecule is Cc1cccc(-c2cn[nH]c2C2CCNCC2)c1. The molecule has 94 valence electrons. The van der Waals surface area contributed by atoms with Crippen LogP contribution in [0.3, 0.4) is 0 Å². The van der Waals surface area contributed by atoms with Crippen LogP contribution in [0.15, 0.2) is 30.5 Å². The zero-order valence-corrected chi connectivity index (χ0v) is 10.7. The third kappa shape index (κ3) is 2.18. The van der Waals surface area contributed by atoms with Gasteiger partial charge in [0.2, 0.25) is 0 Å². The number of benzene rings is 1. The Balaban J connectivity index is 1.95. The predicted octanol–water partition coefficient (Wildman–Crippen LogP) is 2.85. The Morgan fingerprint density at radius 1 is 1.22 bits per heavy atom. The topological polar surface area (TPSA) is 40.7 Å². The van der Waals surface area contributed by atoms with E-state index in [9.17, 15) is 0 Å². The molecule has 1 saturated heterocycles. The number of rotatable bonds is 2. The quantitative estimate of drug-likeness (QED) is 0.848. The fraction of sp³-hybridized carbons (Fsp3) is 0.400. The van der Waals surface area contributed by atoms with Crippen molar-refractivity contribution in [1.82, 2.24) is 15.5 Å². The van der Waals surface area contributed by atoms with Crippen LogP contribution in [0.1, 0.15) is 30.0 Å². The third-order valence-corrected chi connectivity index (χ3v) is 3.75. The van der Waals surface area contributed by atoms with Gasteiger partial charge in [0.15, 0.2) is 0 Å². The molecular formula is C15H19N3. The molecule has 3 nitrogen and oxygen atoms in total. The highest BCUT2D eigenvalue weighted by Crippen LogP contribution is 2.32. The maximum atomic E-state index is 4.26. The van der Waals surface area contributed by atoms with Crippen molar-refractivity contribution in [3.8, 4) is 11.1 Å². The monoisotopic (exact) mass is 241 g/mol. The first kappa shape index (κ1) is 11.5. The number of nitrogens with zero attached hydrogens (tertiary/aromatic N) is 1. The second-order valence-electron chi connectivity index (χ2n) is 5.09. The van der Waals surface area contributed by atoms with E-state index >= 15 is 0 Å². The molecule has 1 aromatic carbocycles. The molecule has 2 heterocycles. The Morgan fingerprint density at radius 2 is 2.06 bits per heavy atom. The second kappa shape index (κ2) is 4.94. The van der Waals surface area contributed by atoms with Gasteiger partial charge in [-0.15, -0.1) is 0 Å². The molecule has 1 aliphatic heterocycles. The number of piperidine rings is 1.